The van der Waals surface area contributed by atoms with Crippen molar-refractivity contribution >= 4 is 0 Å². The molecule has 14 heavy (non-hydrogen) atoms. The number of likely N-dealkylation sites (tertiary alicyclic amines) is 1. The lowest BCUT2D eigenvalue weighted by Gasteiger charge is -2.20. The largest absolute Gasteiger partial charge is 0.320 e. The van der Waals surface area contributed by atoms with Crippen molar-refractivity contribution in [1.82, 2.24) is 19.7 Å². The summed E-state index contributed by atoms with van der Waals surface area (Å²) >= 11 is 0. The number of hydrogen-bond acceptors (Lipinski definition) is 3. The van der Waals surface area contributed by atoms with Crippen molar-refractivity contribution in [3.63, 3.8) is 0 Å². The molecule has 0 aliphatic carbocycles. The smallest absolute Gasteiger partial charge is 0.119 e. The van der Waals surface area contributed by atoms with Gasteiger partial charge >= 0.3 is 0 Å². The van der Waals surface area contributed by atoms with Gasteiger partial charge < -0.3 is 9.47 Å². The number of nitrogens with zero attached hydrogens (tertiary/aromatic N) is 4. The third kappa shape index (κ3) is 2.12. The maximum atomic E-state index is 3.82. The second-order valence-corrected chi connectivity index (χ2v) is 4.40. The lowest BCUT2D eigenvalue weighted by atomic mass is 10.1. The first-order chi connectivity index (χ1) is 6.75. The number of rotatable bonds is 3. The topological polar surface area (TPSA) is 34.0 Å². The molecule has 0 aromatic carbocycles. The fourth-order valence-electron chi connectivity index (χ4n) is 2.10. The molecule has 1 saturated heterocycles. The monoisotopic (exact) mass is 194 g/mol. The summed E-state index contributed by atoms with van der Waals surface area (Å²) in [4.78, 5) is 2.54. The van der Waals surface area contributed by atoms with Crippen LogP contribution in [0.15, 0.2) is 12.7 Å². The zero-order chi connectivity index (χ0) is 9.97. The van der Waals surface area contributed by atoms with Gasteiger partial charge in [0.2, 0.25) is 0 Å². The molecule has 1 aliphatic heterocycles. The minimum absolute atomic E-state index is 0.681. The molecule has 2 heterocycles. The van der Waals surface area contributed by atoms with Crippen LogP contribution in [0, 0.1) is 5.92 Å². The summed E-state index contributed by atoms with van der Waals surface area (Å²) < 4.78 is 2.08. The van der Waals surface area contributed by atoms with Crippen LogP contribution in [0.1, 0.15) is 20.3 Å². The molecule has 4 heteroatoms. The molecule has 1 aromatic rings. The van der Waals surface area contributed by atoms with E-state index in [9.17, 15) is 0 Å². The van der Waals surface area contributed by atoms with Gasteiger partial charge in [0.1, 0.15) is 12.7 Å². The number of hydrogen-bond donors (Lipinski definition) is 0. The van der Waals surface area contributed by atoms with Crippen LogP contribution in [0.5, 0.6) is 0 Å². The quantitative estimate of drug-likeness (QED) is 0.720. The molecular weight excluding hydrogens is 176 g/mol. The molecule has 1 aliphatic rings. The highest BCUT2D eigenvalue weighted by Gasteiger charge is 2.24. The summed E-state index contributed by atoms with van der Waals surface area (Å²) in [6.45, 7) is 8.05. The van der Waals surface area contributed by atoms with Gasteiger partial charge in [-0.15, -0.1) is 10.2 Å². The van der Waals surface area contributed by atoms with Gasteiger partial charge in [-0.25, -0.2) is 0 Å². The van der Waals surface area contributed by atoms with Crippen LogP contribution in [-0.2, 0) is 6.54 Å². The Bertz CT molecular complexity index is 268. The van der Waals surface area contributed by atoms with E-state index in [1.165, 1.54) is 19.5 Å². The fourth-order valence-corrected chi connectivity index (χ4v) is 2.10. The lowest BCUT2D eigenvalue weighted by Crippen LogP contribution is -2.28. The van der Waals surface area contributed by atoms with Crippen LogP contribution in [0.4, 0.5) is 0 Å². The molecule has 0 amide bonds. The van der Waals surface area contributed by atoms with Crippen molar-refractivity contribution in [1.29, 1.82) is 0 Å². The molecule has 4 nitrogen and oxygen atoms in total. The Kier molecular flexibility index (Phi) is 2.82. The normalized spacial score (nSPS) is 23.5. The molecule has 1 unspecified atom stereocenters. The summed E-state index contributed by atoms with van der Waals surface area (Å²) in [6.07, 6.45) is 4.91. The molecule has 0 spiro atoms. The van der Waals surface area contributed by atoms with Crippen LogP contribution >= 0.6 is 0 Å². The SMILES string of the molecule is CC(C)N1CCC(Cn2cnnc2)C1. The third-order valence-electron chi connectivity index (χ3n) is 2.98. The Morgan fingerprint density at radius 2 is 2.07 bits per heavy atom. The highest BCUT2D eigenvalue weighted by Crippen LogP contribution is 2.19. The maximum Gasteiger partial charge on any atom is 0.119 e. The first-order valence-electron chi connectivity index (χ1n) is 5.32. The number of aromatic nitrogens is 3. The molecule has 0 saturated carbocycles. The minimum Gasteiger partial charge on any atom is -0.320 e. The van der Waals surface area contributed by atoms with Crippen molar-refractivity contribution in [2.75, 3.05) is 13.1 Å². The Balaban J connectivity index is 1.84. The predicted molar refractivity (Wildman–Crippen MR) is 54.8 cm³/mol. The summed E-state index contributed by atoms with van der Waals surface area (Å²) in [6, 6.07) is 0.681. The summed E-state index contributed by atoms with van der Waals surface area (Å²) in [5.74, 6) is 0.772. The molecule has 2 rings (SSSR count). The van der Waals surface area contributed by atoms with E-state index in [1.807, 2.05) is 0 Å². The predicted octanol–water partition coefficient (Wildman–Crippen LogP) is 1.01. The van der Waals surface area contributed by atoms with E-state index >= 15 is 0 Å². The maximum absolute atomic E-state index is 3.82. The minimum atomic E-state index is 0.681. The second kappa shape index (κ2) is 4.09. The second-order valence-electron chi connectivity index (χ2n) is 4.40. The van der Waals surface area contributed by atoms with E-state index in [-0.39, 0.29) is 0 Å². The molecule has 78 valence electrons. The highest BCUT2D eigenvalue weighted by atomic mass is 15.2. The first kappa shape index (κ1) is 9.65. The van der Waals surface area contributed by atoms with Gasteiger partial charge in [-0.2, -0.15) is 0 Å². The third-order valence-corrected chi connectivity index (χ3v) is 2.98. The van der Waals surface area contributed by atoms with Gasteiger partial charge in [0.05, 0.1) is 0 Å². The first-order valence-corrected chi connectivity index (χ1v) is 5.32. The molecular formula is C10H18N4. The van der Waals surface area contributed by atoms with Gasteiger partial charge in [0, 0.05) is 19.1 Å². The van der Waals surface area contributed by atoms with Crippen LogP contribution in [-0.4, -0.2) is 38.8 Å². The van der Waals surface area contributed by atoms with Gasteiger partial charge in [-0.05, 0) is 32.7 Å². The molecule has 0 N–H and O–H groups in total. The zero-order valence-electron chi connectivity index (χ0n) is 8.93. The Labute approximate surface area is 84.9 Å². The Morgan fingerprint density at radius 1 is 1.36 bits per heavy atom. The van der Waals surface area contributed by atoms with Crippen LogP contribution < -0.4 is 0 Å². The summed E-state index contributed by atoms with van der Waals surface area (Å²) in [5, 5.41) is 7.64. The van der Waals surface area contributed by atoms with E-state index < -0.39 is 0 Å². The lowest BCUT2D eigenvalue weighted by molar-refractivity contribution is 0.260. The Hall–Kier alpha value is -0.900. The van der Waals surface area contributed by atoms with E-state index in [0.717, 1.165) is 12.5 Å². The van der Waals surface area contributed by atoms with Gasteiger partial charge in [-0.1, -0.05) is 0 Å². The van der Waals surface area contributed by atoms with Crippen molar-refractivity contribution < 1.29 is 0 Å². The van der Waals surface area contributed by atoms with E-state index in [4.69, 9.17) is 0 Å². The van der Waals surface area contributed by atoms with E-state index in [0.29, 0.717) is 6.04 Å². The standard InChI is InChI=1S/C10H18N4/c1-9(2)14-4-3-10(6-14)5-13-7-11-12-8-13/h7-10H,3-6H2,1-2H3. The van der Waals surface area contributed by atoms with Gasteiger partial charge in [0.15, 0.2) is 0 Å². The molecule has 1 aromatic heterocycles. The van der Waals surface area contributed by atoms with E-state index in [2.05, 4.69) is 33.5 Å². The average molecular weight is 194 g/mol. The average Bonchev–Trinajstić information content (AvgIpc) is 2.75. The van der Waals surface area contributed by atoms with Crippen molar-refractivity contribution in [3.05, 3.63) is 12.7 Å². The Morgan fingerprint density at radius 3 is 2.64 bits per heavy atom. The van der Waals surface area contributed by atoms with Crippen molar-refractivity contribution in [2.45, 2.75) is 32.9 Å². The van der Waals surface area contributed by atoms with E-state index in [1.54, 1.807) is 12.7 Å². The highest BCUT2D eigenvalue weighted by molar-refractivity contribution is 4.78. The van der Waals surface area contributed by atoms with Crippen LogP contribution in [0.3, 0.4) is 0 Å². The van der Waals surface area contributed by atoms with Gasteiger partial charge in [-0.3, -0.25) is 0 Å². The summed E-state index contributed by atoms with van der Waals surface area (Å²) in [5.41, 5.74) is 0. The molecule has 1 atom stereocenters. The van der Waals surface area contributed by atoms with Gasteiger partial charge in [0.25, 0.3) is 0 Å². The van der Waals surface area contributed by atoms with Crippen molar-refractivity contribution in [2.24, 2.45) is 5.92 Å². The molecule has 0 bridgehead atoms. The van der Waals surface area contributed by atoms with Crippen LogP contribution in [0.25, 0.3) is 0 Å². The molecule has 1 fully saturated rings. The fraction of sp³-hybridized carbons (Fsp3) is 0.800. The molecule has 0 radical (unpaired) electrons. The van der Waals surface area contributed by atoms with Crippen molar-refractivity contribution in [3.8, 4) is 0 Å². The summed E-state index contributed by atoms with van der Waals surface area (Å²) in [7, 11) is 0. The van der Waals surface area contributed by atoms with Crippen LogP contribution in [0.2, 0.25) is 0 Å². The zero-order valence-corrected chi connectivity index (χ0v) is 8.93.